The second-order valence-electron chi connectivity index (χ2n) is 7.73. The van der Waals surface area contributed by atoms with Crippen LogP contribution in [0.4, 0.5) is 4.79 Å². The lowest BCUT2D eigenvalue weighted by atomic mass is 9.82. The topological polar surface area (TPSA) is 59.0 Å². The van der Waals surface area contributed by atoms with Gasteiger partial charge in [-0.05, 0) is 56.7 Å². The van der Waals surface area contributed by atoms with Crippen molar-refractivity contribution in [3.63, 3.8) is 0 Å². The van der Waals surface area contributed by atoms with Gasteiger partial charge >= 0.3 is 6.09 Å². The molecule has 1 aromatic rings. The number of hydrogen-bond acceptors (Lipinski definition) is 5. The van der Waals surface area contributed by atoms with E-state index in [0.717, 1.165) is 14.0 Å². The summed E-state index contributed by atoms with van der Waals surface area (Å²) in [6, 6.07) is -0.0229. The van der Waals surface area contributed by atoms with Gasteiger partial charge in [-0.2, -0.15) is 0 Å². The van der Waals surface area contributed by atoms with E-state index in [9.17, 15) is 9.90 Å². The van der Waals surface area contributed by atoms with E-state index in [-0.39, 0.29) is 18.7 Å². The minimum atomic E-state index is -0.643. The van der Waals surface area contributed by atoms with Crippen molar-refractivity contribution in [3.8, 4) is 0 Å². The fraction of sp³-hybridized carbons (Fsp3) is 0.706. The Morgan fingerprint density at radius 2 is 2.20 bits per heavy atom. The number of thiophene rings is 1. The van der Waals surface area contributed by atoms with E-state index >= 15 is 0 Å². The predicted octanol–water partition coefficient (Wildman–Crippen LogP) is 4.68. The van der Waals surface area contributed by atoms with Crippen molar-refractivity contribution < 1.29 is 19.4 Å². The second kappa shape index (κ2) is 6.82. The van der Waals surface area contributed by atoms with Gasteiger partial charge in [0.25, 0.3) is 0 Å². The first-order chi connectivity index (χ1) is 11.5. The van der Waals surface area contributed by atoms with E-state index in [4.69, 9.17) is 21.1 Å². The molecule has 0 aromatic carbocycles. The summed E-state index contributed by atoms with van der Waals surface area (Å²) in [7, 11) is 0. The van der Waals surface area contributed by atoms with Crippen molar-refractivity contribution in [2.45, 2.75) is 63.9 Å². The Balaban J connectivity index is 1.85. The molecule has 1 N–H and O–H groups in total. The third kappa shape index (κ3) is 3.67. The number of piperidine rings is 1. The van der Waals surface area contributed by atoms with Crippen LogP contribution in [-0.4, -0.2) is 40.9 Å². The van der Waals surface area contributed by atoms with Gasteiger partial charge in [-0.25, -0.2) is 4.79 Å². The van der Waals surface area contributed by atoms with E-state index in [2.05, 4.69) is 22.6 Å². The van der Waals surface area contributed by atoms with Crippen molar-refractivity contribution >= 4 is 51.6 Å². The second-order valence-corrected chi connectivity index (χ2v) is 10.4. The number of aliphatic hydroxyl groups is 1. The van der Waals surface area contributed by atoms with E-state index in [1.54, 1.807) is 4.90 Å². The monoisotopic (exact) mass is 499 g/mol. The molecule has 1 amide bonds. The summed E-state index contributed by atoms with van der Waals surface area (Å²) in [5.74, 6) is 0. The molecule has 1 aromatic heterocycles. The fourth-order valence-corrected chi connectivity index (χ4v) is 6.19. The molecular formula is C17H23ClINO4S. The Morgan fingerprint density at radius 3 is 2.80 bits per heavy atom. The van der Waals surface area contributed by atoms with Gasteiger partial charge < -0.3 is 19.5 Å². The summed E-state index contributed by atoms with van der Waals surface area (Å²) in [6.07, 6.45) is 0.405. The fourth-order valence-electron chi connectivity index (χ4n) is 3.56. The molecule has 25 heavy (non-hydrogen) atoms. The molecular weight excluding hydrogens is 477 g/mol. The van der Waals surface area contributed by atoms with Crippen LogP contribution in [0.25, 0.3) is 0 Å². The van der Waals surface area contributed by atoms with Gasteiger partial charge in [0.05, 0.1) is 6.61 Å². The quantitative estimate of drug-likeness (QED) is 0.527. The van der Waals surface area contributed by atoms with Crippen LogP contribution in [0.1, 0.15) is 57.1 Å². The Morgan fingerprint density at radius 1 is 1.52 bits per heavy atom. The smallest absolute Gasteiger partial charge is 0.410 e. The number of likely N-dealkylation sites (tertiary alicyclic amines) is 1. The van der Waals surface area contributed by atoms with E-state index < -0.39 is 17.3 Å². The van der Waals surface area contributed by atoms with Crippen LogP contribution in [0.2, 0.25) is 4.34 Å². The molecule has 0 radical (unpaired) electrons. The molecule has 3 unspecified atom stereocenters. The zero-order valence-corrected chi connectivity index (χ0v) is 18.5. The molecule has 2 aliphatic heterocycles. The highest BCUT2D eigenvalue weighted by Crippen LogP contribution is 2.52. The normalized spacial score (nSPS) is 29.6. The first-order valence-corrected chi connectivity index (χ1v) is 10.6. The molecule has 140 valence electrons. The zero-order chi connectivity index (χ0) is 18.6. The lowest BCUT2D eigenvalue weighted by Crippen LogP contribution is -2.53. The first-order valence-electron chi connectivity index (χ1n) is 8.34. The first kappa shape index (κ1) is 19.7. The van der Waals surface area contributed by atoms with Crippen LogP contribution in [0.15, 0.2) is 0 Å². The van der Waals surface area contributed by atoms with Crippen LogP contribution in [0.5, 0.6) is 0 Å². The number of ether oxygens (including phenoxy) is 2. The lowest BCUT2D eigenvalue weighted by Gasteiger charge is -2.47. The predicted molar refractivity (Wildman–Crippen MR) is 106 cm³/mol. The maximum atomic E-state index is 12.5. The molecule has 1 fully saturated rings. The van der Waals surface area contributed by atoms with Gasteiger partial charge in [0.15, 0.2) is 0 Å². The summed E-state index contributed by atoms with van der Waals surface area (Å²) in [4.78, 5) is 15.2. The number of halogens is 2. The van der Waals surface area contributed by atoms with Crippen molar-refractivity contribution in [3.05, 3.63) is 18.3 Å². The van der Waals surface area contributed by atoms with Gasteiger partial charge in [0.2, 0.25) is 0 Å². The van der Waals surface area contributed by atoms with Crippen LogP contribution in [0, 0.1) is 3.57 Å². The molecule has 0 saturated carbocycles. The average Bonchev–Trinajstić information content (AvgIpc) is 2.79. The van der Waals surface area contributed by atoms with Crippen molar-refractivity contribution in [2.24, 2.45) is 0 Å². The number of hydrogen-bond donors (Lipinski definition) is 1. The molecule has 3 heterocycles. The summed E-state index contributed by atoms with van der Waals surface area (Å²) in [5.41, 5.74) is -0.0913. The number of aliphatic hydroxyl groups excluding tert-OH is 1. The molecule has 3 rings (SSSR count). The largest absolute Gasteiger partial charge is 0.444 e. The van der Waals surface area contributed by atoms with Crippen molar-refractivity contribution in [2.75, 3.05) is 13.2 Å². The van der Waals surface area contributed by atoms with Crippen molar-refractivity contribution in [1.82, 2.24) is 4.90 Å². The maximum Gasteiger partial charge on any atom is 0.410 e. The summed E-state index contributed by atoms with van der Waals surface area (Å²) in [5, 5.41) is 10.3. The van der Waals surface area contributed by atoms with Crippen LogP contribution in [-0.2, 0) is 15.1 Å². The highest BCUT2D eigenvalue weighted by molar-refractivity contribution is 14.1. The Labute approximate surface area is 170 Å². The number of nitrogens with zero attached hydrogens (tertiary/aromatic N) is 1. The molecule has 3 atom stereocenters. The lowest BCUT2D eigenvalue weighted by molar-refractivity contribution is -0.137. The van der Waals surface area contributed by atoms with Gasteiger partial charge in [0.1, 0.15) is 21.6 Å². The number of amides is 1. The molecule has 0 aliphatic carbocycles. The summed E-state index contributed by atoms with van der Waals surface area (Å²) < 4.78 is 13.3. The van der Waals surface area contributed by atoms with Crippen molar-refractivity contribution in [1.29, 1.82) is 0 Å². The van der Waals surface area contributed by atoms with E-state index in [1.165, 1.54) is 11.3 Å². The maximum absolute atomic E-state index is 12.5. The van der Waals surface area contributed by atoms with E-state index in [1.807, 2.05) is 27.7 Å². The number of carbonyl (C=O) groups is 1. The highest BCUT2D eigenvalue weighted by atomic mass is 127. The number of rotatable bonds is 0. The van der Waals surface area contributed by atoms with Gasteiger partial charge in [-0.1, -0.05) is 11.6 Å². The third-order valence-corrected chi connectivity index (χ3v) is 8.06. The molecule has 5 nitrogen and oxygen atoms in total. The van der Waals surface area contributed by atoms with Crippen LogP contribution < -0.4 is 0 Å². The Kier molecular flexibility index (Phi) is 5.36. The Bertz CT molecular complexity index is 689. The molecule has 8 heteroatoms. The average molecular weight is 500 g/mol. The van der Waals surface area contributed by atoms with Gasteiger partial charge in [0, 0.05) is 33.0 Å². The standard InChI is InChI=1S/C17H23ClINO4S/c1-9-7-17(5-6-20(9)15(22)24-16(2,3)4)13-11(10(21)8-23-17)12(19)14(18)25-13/h9-10,21H,5-8H2,1-4H3. The summed E-state index contributed by atoms with van der Waals surface area (Å²) >= 11 is 10.0. The molecule has 0 bridgehead atoms. The van der Waals surface area contributed by atoms with E-state index in [0.29, 0.717) is 23.7 Å². The Hall–Kier alpha value is -0.0900. The van der Waals surface area contributed by atoms with Crippen LogP contribution >= 0.6 is 45.5 Å². The highest BCUT2D eigenvalue weighted by Gasteiger charge is 2.49. The molecule has 2 aliphatic rings. The minimum Gasteiger partial charge on any atom is -0.444 e. The zero-order valence-electron chi connectivity index (χ0n) is 14.8. The third-order valence-electron chi connectivity index (χ3n) is 4.65. The van der Waals surface area contributed by atoms with Gasteiger partial charge in [-0.3, -0.25) is 0 Å². The molecule has 1 spiro atoms. The summed E-state index contributed by atoms with van der Waals surface area (Å²) in [6.45, 7) is 8.43. The number of carbonyl (C=O) groups excluding carboxylic acids is 1. The number of fused-ring (bicyclic) bond motifs is 2. The molecule has 1 saturated heterocycles. The minimum absolute atomic E-state index is 0.0229. The SMILES string of the molecule is CC1CC2(CCN1C(=O)OC(C)(C)C)OCC(O)c1c2sc(Cl)c1I. The van der Waals surface area contributed by atoms with Crippen LogP contribution in [0.3, 0.4) is 0 Å². The van der Waals surface area contributed by atoms with Gasteiger partial charge in [-0.15, -0.1) is 11.3 Å².